The molecule has 0 amide bonds. The van der Waals surface area contributed by atoms with Gasteiger partial charge in [0.25, 0.3) is 0 Å². The molecule has 0 radical (unpaired) electrons. The van der Waals surface area contributed by atoms with Crippen LogP contribution in [0.15, 0.2) is 4.99 Å². The third-order valence-corrected chi connectivity index (χ3v) is 2.58. The average Bonchev–Trinajstić information content (AvgIpc) is 2.05. The van der Waals surface area contributed by atoms with Gasteiger partial charge in [0.15, 0.2) is 5.17 Å². The average molecular weight is 187 g/mol. The van der Waals surface area contributed by atoms with Crippen LogP contribution in [0.5, 0.6) is 0 Å². The second kappa shape index (κ2) is 5.43. The Hall–Kier alpha value is -0.220. The number of rotatable bonds is 3. The Morgan fingerprint density at radius 1 is 1.58 bits per heavy atom. The van der Waals surface area contributed by atoms with E-state index < -0.39 is 0 Å². The molecule has 0 bridgehead atoms. The minimum atomic E-state index is 0.997. The molecule has 0 fully saturated rings. The highest BCUT2D eigenvalue weighted by Gasteiger charge is 2.03. The van der Waals surface area contributed by atoms with Crippen LogP contribution in [-0.2, 0) is 0 Å². The van der Waals surface area contributed by atoms with Gasteiger partial charge in [-0.05, 0) is 20.5 Å². The number of hydrogen-bond donors (Lipinski definition) is 1. The van der Waals surface area contributed by atoms with Crippen molar-refractivity contribution in [3.05, 3.63) is 0 Å². The first-order valence-electron chi connectivity index (χ1n) is 4.35. The first-order valence-corrected chi connectivity index (χ1v) is 5.33. The molecule has 3 nitrogen and oxygen atoms in total. The fourth-order valence-corrected chi connectivity index (χ4v) is 1.97. The predicted octanol–water partition coefficient (Wildman–Crippen LogP) is 0.630. The Morgan fingerprint density at radius 2 is 2.42 bits per heavy atom. The number of aliphatic imine (C=N–C) groups is 1. The molecule has 0 aromatic carbocycles. The molecule has 1 rings (SSSR count). The van der Waals surface area contributed by atoms with Gasteiger partial charge in [-0.25, -0.2) is 0 Å². The maximum atomic E-state index is 4.38. The number of nitrogens with zero attached hydrogens (tertiary/aromatic N) is 2. The molecule has 12 heavy (non-hydrogen) atoms. The van der Waals surface area contributed by atoms with Crippen molar-refractivity contribution in [3.8, 4) is 0 Å². The van der Waals surface area contributed by atoms with Gasteiger partial charge >= 0.3 is 0 Å². The zero-order valence-electron chi connectivity index (χ0n) is 7.84. The van der Waals surface area contributed by atoms with E-state index in [9.17, 15) is 0 Å². The van der Waals surface area contributed by atoms with E-state index in [0.29, 0.717) is 0 Å². The van der Waals surface area contributed by atoms with E-state index >= 15 is 0 Å². The molecule has 1 aliphatic heterocycles. The summed E-state index contributed by atoms with van der Waals surface area (Å²) in [5, 5.41) is 4.42. The maximum Gasteiger partial charge on any atom is 0.156 e. The van der Waals surface area contributed by atoms with Crippen LogP contribution < -0.4 is 5.32 Å². The van der Waals surface area contributed by atoms with E-state index in [1.54, 1.807) is 0 Å². The van der Waals surface area contributed by atoms with Crippen molar-refractivity contribution in [2.24, 2.45) is 4.99 Å². The normalized spacial score (nSPS) is 17.4. The molecular weight excluding hydrogens is 170 g/mol. The van der Waals surface area contributed by atoms with Crippen LogP contribution in [0.4, 0.5) is 0 Å². The van der Waals surface area contributed by atoms with Crippen molar-refractivity contribution in [1.29, 1.82) is 0 Å². The molecule has 0 aliphatic carbocycles. The van der Waals surface area contributed by atoms with Gasteiger partial charge in [-0.2, -0.15) is 0 Å². The Morgan fingerprint density at radius 3 is 3.00 bits per heavy atom. The number of nitrogens with one attached hydrogen (secondary N) is 1. The highest BCUT2D eigenvalue weighted by Crippen LogP contribution is 2.05. The van der Waals surface area contributed by atoms with Crippen molar-refractivity contribution in [1.82, 2.24) is 10.2 Å². The lowest BCUT2D eigenvalue weighted by Gasteiger charge is -2.14. The molecule has 1 N–H and O–H groups in total. The van der Waals surface area contributed by atoms with E-state index in [4.69, 9.17) is 0 Å². The molecule has 0 spiro atoms. The highest BCUT2D eigenvalue weighted by molar-refractivity contribution is 8.13. The zero-order chi connectivity index (χ0) is 8.81. The molecule has 0 aromatic rings. The summed E-state index contributed by atoms with van der Waals surface area (Å²) in [6.45, 7) is 3.20. The molecule has 0 unspecified atom stereocenters. The van der Waals surface area contributed by atoms with E-state index in [1.807, 2.05) is 11.8 Å². The Kier molecular flexibility index (Phi) is 4.46. The van der Waals surface area contributed by atoms with Crippen molar-refractivity contribution >= 4 is 16.9 Å². The van der Waals surface area contributed by atoms with Crippen LogP contribution in [0.3, 0.4) is 0 Å². The van der Waals surface area contributed by atoms with E-state index in [2.05, 4.69) is 29.3 Å². The van der Waals surface area contributed by atoms with Gasteiger partial charge in [-0.3, -0.25) is 4.99 Å². The lowest BCUT2D eigenvalue weighted by atomic mass is 10.4. The monoisotopic (exact) mass is 187 g/mol. The maximum absolute atomic E-state index is 4.38. The number of hydrogen-bond acceptors (Lipinski definition) is 4. The van der Waals surface area contributed by atoms with Gasteiger partial charge in [-0.15, -0.1) is 0 Å². The van der Waals surface area contributed by atoms with Gasteiger partial charge in [0.2, 0.25) is 0 Å². The third kappa shape index (κ3) is 3.97. The fourth-order valence-electron chi connectivity index (χ4n) is 0.932. The largest absolute Gasteiger partial charge is 0.365 e. The first kappa shape index (κ1) is 9.86. The summed E-state index contributed by atoms with van der Waals surface area (Å²) in [7, 11) is 4.19. The lowest BCUT2D eigenvalue weighted by Crippen LogP contribution is -2.28. The van der Waals surface area contributed by atoms with Crippen molar-refractivity contribution in [2.75, 3.05) is 39.5 Å². The minimum absolute atomic E-state index is 0.997. The van der Waals surface area contributed by atoms with E-state index in [-0.39, 0.29) is 0 Å². The fraction of sp³-hybridized carbons (Fsp3) is 0.875. The molecule has 0 saturated heterocycles. The predicted molar refractivity (Wildman–Crippen MR) is 55.9 cm³/mol. The summed E-state index contributed by atoms with van der Waals surface area (Å²) in [6.07, 6.45) is 1.18. The van der Waals surface area contributed by atoms with Gasteiger partial charge in [-0.1, -0.05) is 11.8 Å². The Labute approximate surface area is 78.6 Å². The highest BCUT2D eigenvalue weighted by atomic mass is 32.2. The van der Waals surface area contributed by atoms with Crippen LogP contribution in [-0.4, -0.2) is 49.6 Å². The summed E-state index contributed by atoms with van der Waals surface area (Å²) in [4.78, 5) is 6.57. The minimum Gasteiger partial charge on any atom is -0.365 e. The van der Waals surface area contributed by atoms with Crippen LogP contribution in [0.2, 0.25) is 0 Å². The molecule has 0 atom stereocenters. The third-order valence-electron chi connectivity index (χ3n) is 1.64. The topological polar surface area (TPSA) is 27.6 Å². The summed E-state index contributed by atoms with van der Waals surface area (Å²) in [5.41, 5.74) is 0. The van der Waals surface area contributed by atoms with Crippen LogP contribution in [0, 0.1) is 0 Å². The Balaban J connectivity index is 2.09. The zero-order valence-corrected chi connectivity index (χ0v) is 8.65. The van der Waals surface area contributed by atoms with Crippen molar-refractivity contribution < 1.29 is 0 Å². The summed E-state index contributed by atoms with van der Waals surface area (Å²) in [5.74, 6) is 1.12. The van der Waals surface area contributed by atoms with Crippen LogP contribution in [0.25, 0.3) is 0 Å². The molecular formula is C8H17N3S. The summed E-state index contributed by atoms with van der Waals surface area (Å²) < 4.78 is 0. The van der Waals surface area contributed by atoms with Gasteiger partial charge in [0.1, 0.15) is 0 Å². The van der Waals surface area contributed by atoms with Crippen molar-refractivity contribution in [3.63, 3.8) is 0 Å². The second-order valence-corrected chi connectivity index (χ2v) is 4.20. The smallest absolute Gasteiger partial charge is 0.156 e. The van der Waals surface area contributed by atoms with Gasteiger partial charge < -0.3 is 10.2 Å². The van der Waals surface area contributed by atoms with E-state index in [0.717, 1.165) is 30.6 Å². The second-order valence-electron chi connectivity index (χ2n) is 3.12. The van der Waals surface area contributed by atoms with Gasteiger partial charge in [0.05, 0.1) is 0 Å². The van der Waals surface area contributed by atoms with Gasteiger partial charge in [0, 0.05) is 25.4 Å². The molecule has 0 saturated carbocycles. The van der Waals surface area contributed by atoms with Crippen LogP contribution >= 0.6 is 11.8 Å². The van der Waals surface area contributed by atoms with Crippen LogP contribution in [0.1, 0.15) is 6.42 Å². The molecule has 1 heterocycles. The lowest BCUT2D eigenvalue weighted by molar-refractivity contribution is 0.437. The molecule has 1 aliphatic rings. The Bertz CT molecular complexity index is 156. The molecule has 70 valence electrons. The number of thioether (sulfide) groups is 1. The molecule has 4 heteroatoms. The SMILES string of the molecule is CN(C)CCSC1=NCCCN1. The summed E-state index contributed by atoms with van der Waals surface area (Å²) >= 11 is 1.82. The molecule has 0 aromatic heterocycles. The number of amidine groups is 1. The first-order chi connectivity index (χ1) is 5.79. The summed E-state index contributed by atoms with van der Waals surface area (Å²) in [6, 6.07) is 0. The van der Waals surface area contributed by atoms with Crippen molar-refractivity contribution in [2.45, 2.75) is 6.42 Å². The quantitative estimate of drug-likeness (QED) is 0.702. The standard InChI is InChI=1S/C8H17N3S/c1-11(2)6-7-12-8-9-4-3-5-10-8/h3-7H2,1-2H3,(H,9,10). The van der Waals surface area contributed by atoms with E-state index in [1.165, 1.54) is 6.42 Å².